The zero-order chi connectivity index (χ0) is 15.7. The van der Waals surface area contributed by atoms with Gasteiger partial charge in [-0.15, -0.1) is 12.4 Å². The van der Waals surface area contributed by atoms with Gasteiger partial charge in [0.2, 0.25) is 0 Å². The zero-order valence-corrected chi connectivity index (χ0v) is 13.8. The van der Waals surface area contributed by atoms with E-state index < -0.39 is 4.92 Å². The smallest absolute Gasteiger partial charge is 0.269 e. The van der Waals surface area contributed by atoms with E-state index in [4.69, 9.17) is 22.7 Å². The first-order valence-electron chi connectivity index (χ1n) is 6.93. The van der Waals surface area contributed by atoms with Crippen LogP contribution in [-0.2, 0) is 6.42 Å². The molecule has 0 aromatic heterocycles. The van der Waals surface area contributed by atoms with E-state index in [9.17, 15) is 10.1 Å². The number of hydrogen-bond donors (Lipinski definition) is 1. The summed E-state index contributed by atoms with van der Waals surface area (Å²) in [6.07, 6.45) is 3.04. The molecule has 0 unspecified atom stereocenters. The Kier molecular flexibility index (Phi) is 5.40. The minimum Gasteiger partial charge on any atom is -0.491 e. The largest absolute Gasteiger partial charge is 0.491 e. The maximum Gasteiger partial charge on any atom is 0.269 e. The van der Waals surface area contributed by atoms with Crippen molar-refractivity contribution in [3.8, 4) is 5.75 Å². The highest BCUT2D eigenvalue weighted by molar-refractivity contribution is 7.80. The maximum atomic E-state index is 10.9. The van der Waals surface area contributed by atoms with E-state index in [-0.39, 0.29) is 24.1 Å². The third-order valence-corrected chi connectivity index (χ3v) is 4.05. The van der Waals surface area contributed by atoms with Crippen molar-refractivity contribution in [1.82, 2.24) is 10.2 Å². The Balaban J connectivity index is 0.00000192. The summed E-state index contributed by atoms with van der Waals surface area (Å²) in [5.41, 5.74) is 7.46. The Hall–Kier alpha value is -1.90. The number of hydrogen-bond acceptors (Lipinski definition) is 5. The van der Waals surface area contributed by atoms with Crippen LogP contribution in [0.4, 0.5) is 5.69 Å². The average Bonchev–Trinajstić information content (AvgIpc) is 2.87. The first kappa shape index (κ1) is 17.5. The molecule has 0 fully saturated rings. The second-order valence-electron chi connectivity index (χ2n) is 5.16. The summed E-state index contributed by atoms with van der Waals surface area (Å²) in [6, 6.07) is 4.64. The van der Waals surface area contributed by atoms with Crippen LogP contribution in [0.3, 0.4) is 0 Å². The Labute approximate surface area is 145 Å². The van der Waals surface area contributed by atoms with E-state index in [0.717, 1.165) is 11.3 Å². The molecule has 2 N–H and O–H groups in total. The van der Waals surface area contributed by atoms with E-state index in [1.165, 1.54) is 6.07 Å². The summed E-state index contributed by atoms with van der Waals surface area (Å²) >= 11 is 5.28. The van der Waals surface area contributed by atoms with Gasteiger partial charge in [0.05, 0.1) is 11.0 Å². The molecule has 2 aliphatic rings. The van der Waals surface area contributed by atoms with Crippen molar-refractivity contribution in [3.05, 3.63) is 45.8 Å². The summed E-state index contributed by atoms with van der Waals surface area (Å²) in [4.78, 5) is 12.5. The van der Waals surface area contributed by atoms with Crippen molar-refractivity contribution < 1.29 is 9.66 Å². The number of nitrogens with zero attached hydrogens (tertiary/aromatic N) is 3. The molecule has 1 aromatic carbocycles. The van der Waals surface area contributed by atoms with E-state index in [1.54, 1.807) is 18.3 Å². The van der Waals surface area contributed by atoms with Crippen molar-refractivity contribution in [1.29, 1.82) is 0 Å². The normalized spacial score (nSPS) is 19.2. The highest BCUT2D eigenvalue weighted by atomic mass is 35.5. The number of halogens is 1. The number of benzene rings is 1. The molecule has 0 bridgehead atoms. The van der Waals surface area contributed by atoms with Crippen LogP contribution in [0.5, 0.6) is 5.75 Å². The Morgan fingerprint density at radius 3 is 3.00 bits per heavy atom. The van der Waals surface area contributed by atoms with Gasteiger partial charge in [0, 0.05) is 42.4 Å². The lowest BCUT2D eigenvalue weighted by Gasteiger charge is -2.34. The summed E-state index contributed by atoms with van der Waals surface area (Å²) in [7, 11) is 0. The lowest BCUT2D eigenvalue weighted by molar-refractivity contribution is -0.385. The fourth-order valence-corrected chi connectivity index (χ4v) is 3.06. The molecule has 23 heavy (non-hydrogen) atoms. The van der Waals surface area contributed by atoms with Gasteiger partial charge < -0.3 is 15.4 Å². The van der Waals surface area contributed by atoms with Crippen molar-refractivity contribution in [2.24, 2.45) is 5.73 Å². The highest BCUT2D eigenvalue weighted by Crippen LogP contribution is 2.32. The minimum atomic E-state index is -0.403. The SMILES string of the molecule is Cl.NCCC1=C[N]C(=S)N1[C@H]1COc2ccc([N+](=O)[O-])cc2C1. The summed E-state index contributed by atoms with van der Waals surface area (Å²) in [5.74, 6) is 0.688. The summed E-state index contributed by atoms with van der Waals surface area (Å²) in [6.45, 7) is 0.971. The minimum absolute atomic E-state index is 0. The zero-order valence-electron chi connectivity index (χ0n) is 12.2. The Bertz CT molecular complexity index is 667. The molecule has 1 atom stereocenters. The summed E-state index contributed by atoms with van der Waals surface area (Å²) in [5, 5.41) is 15.6. The molecule has 0 saturated carbocycles. The van der Waals surface area contributed by atoms with Crippen LogP contribution in [0.2, 0.25) is 0 Å². The van der Waals surface area contributed by atoms with Crippen LogP contribution in [0.15, 0.2) is 30.1 Å². The van der Waals surface area contributed by atoms with Crippen molar-refractivity contribution in [2.45, 2.75) is 18.9 Å². The first-order chi connectivity index (χ1) is 10.6. The number of nitrogens with two attached hydrogens (primary N) is 1. The van der Waals surface area contributed by atoms with Crippen molar-refractivity contribution >= 4 is 35.4 Å². The van der Waals surface area contributed by atoms with Crippen LogP contribution >= 0.6 is 24.6 Å². The molecule has 9 heteroatoms. The number of fused-ring (bicyclic) bond motifs is 1. The third-order valence-electron chi connectivity index (χ3n) is 3.75. The van der Waals surface area contributed by atoms with Gasteiger partial charge in [-0.25, -0.2) is 5.32 Å². The molecule has 1 radical (unpaired) electrons. The molecule has 0 amide bonds. The van der Waals surface area contributed by atoms with Gasteiger partial charge in [0.25, 0.3) is 5.69 Å². The molecule has 3 rings (SSSR count). The van der Waals surface area contributed by atoms with Gasteiger partial charge in [-0.2, -0.15) is 0 Å². The summed E-state index contributed by atoms with van der Waals surface area (Å²) < 4.78 is 5.73. The van der Waals surface area contributed by atoms with Gasteiger partial charge >= 0.3 is 0 Å². The van der Waals surface area contributed by atoms with Crippen LogP contribution in [0.1, 0.15) is 12.0 Å². The molecule has 7 nitrogen and oxygen atoms in total. The average molecular weight is 356 g/mol. The molecule has 0 spiro atoms. The number of ether oxygens (including phenoxy) is 1. The van der Waals surface area contributed by atoms with Crippen LogP contribution in [0, 0.1) is 10.1 Å². The lowest BCUT2D eigenvalue weighted by atomic mass is 10.0. The highest BCUT2D eigenvalue weighted by Gasteiger charge is 2.33. The van der Waals surface area contributed by atoms with Gasteiger partial charge in [-0.1, -0.05) is 0 Å². The molecular weight excluding hydrogens is 340 g/mol. The molecule has 1 aromatic rings. The molecule has 2 heterocycles. The van der Waals surface area contributed by atoms with E-state index in [0.29, 0.717) is 36.9 Å². The molecule has 123 valence electrons. The fourth-order valence-electron chi connectivity index (χ4n) is 2.74. The standard InChI is InChI=1S/C14H15N4O3S.ClH/c15-4-3-11-7-16-14(22)17(11)12-6-9-5-10(18(19)20)1-2-13(9)21-8-12;/h1-2,5,7,12H,3-4,6,8,15H2;1H/t12-;/m1./s1. The first-order valence-corrected chi connectivity index (χ1v) is 7.34. The quantitative estimate of drug-likeness (QED) is 0.502. The number of thiocarbonyl (C=S) groups is 1. The van der Waals surface area contributed by atoms with Gasteiger partial charge in [0.1, 0.15) is 12.4 Å². The van der Waals surface area contributed by atoms with E-state index in [2.05, 4.69) is 5.32 Å². The Morgan fingerprint density at radius 1 is 1.52 bits per heavy atom. The number of non-ortho nitro benzene ring substituents is 1. The second kappa shape index (κ2) is 7.12. The van der Waals surface area contributed by atoms with Crippen LogP contribution in [-0.4, -0.2) is 34.1 Å². The molecule has 0 saturated heterocycles. The number of rotatable bonds is 4. The van der Waals surface area contributed by atoms with Gasteiger partial charge in [0.15, 0.2) is 5.11 Å². The topological polar surface area (TPSA) is 95.7 Å². The predicted octanol–water partition coefficient (Wildman–Crippen LogP) is 1.72. The van der Waals surface area contributed by atoms with Crippen LogP contribution < -0.4 is 15.8 Å². The Morgan fingerprint density at radius 2 is 2.30 bits per heavy atom. The number of nitro groups is 1. The monoisotopic (exact) mass is 355 g/mol. The second-order valence-corrected chi connectivity index (χ2v) is 5.52. The third kappa shape index (κ3) is 3.39. The maximum absolute atomic E-state index is 10.9. The molecular formula is C14H16ClN4O3S. The predicted molar refractivity (Wildman–Crippen MR) is 91.7 cm³/mol. The van der Waals surface area contributed by atoms with E-state index in [1.807, 2.05) is 4.90 Å². The lowest BCUT2D eigenvalue weighted by Crippen LogP contribution is -2.44. The fraction of sp³-hybridized carbons (Fsp3) is 0.357. The van der Waals surface area contributed by atoms with E-state index >= 15 is 0 Å². The van der Waals surface area contributed by atoms with Gasteiger partial charge in [-0.05, 0) is 24.8 Å². The van der Waals surface area contributed by atoms with Gasteiger partial charge in [-0.3, -0.25) is 10.1 Å². The molecule has 2 aliphatic heterocycles. The van der Waals surface area contributed by atoms with Crippen molar-refractivity contribution in [2.75, 3.05) is 13.2 Å². The molecule has 0 aliphatic carbocycles. The van der Waals surface area contributed by atoms with Crippen molar-refractivity contribution in [3.63, 3.8) is 0 Å². The number of nitro benzene ring substituents is 1. The van der Waals surface area contributed by atoms with Crippen LogP contribution in [0.25, 0.3) is 0 Å².